The third-order valence-corrected chi connectivity index (χ3v) is 4.39. The van der Waals surface area contributed by atoms with Crippen LogP contribution in [0.1, 0.15) is 0 Å². The Labute approximate surface area is 133 Å². The Hall–Kier alpha value is -2.05. The lowest BCUT2D eigenvalue weighted by Crippen LogP contribution is -1.87. The maximum Gasteiger partial charge on any atom is 0.269 e. The summed E-state index contributed by atoms with van der Waals surface area (Å²) in [6.45, 7) is 0. The molecule has 0 saturated carbocycles. The number of hydrogen-bond acceptors (Lipinski definition) is 4. The smallest absolute Gasteiger partial charge is 0.258 e. The van der Waals surface area contributed by atoms with Crippen LogP contribution in [-0.2, 0) is 0 Å². The lowest BCUT2D eigenvalue weighted by molar-refractivity contribution is -0.384. The minimum absolute atomic E-state index is 0.0853. The molecule has 0 saturated heterocycles. The summed E-state index contributed by atoms with van der Waals surface area (Å²) in [5.41, 5.74) is 2.84. The van der Waals surface area contributed by atoms with Gasteiger partial charge in [-0.25, -0.2) is 4.98 Å². The Morgan fingerprint density at radius 3 is 2.24 bits per heavy atom. The molecule has 21 heavy (non-hydrogen) atoms. The SMILES string of the molecule is O=[N+]([O-])c1ccc(-c2csc(-c3ccc(Br)cc3)n2)cc1. The number of aromatic nitrogens is 1. The van der Waals surface area contributed by atoms with Crippen LogP contribution in [-0.4, -0.2) is 9.91 Å². The van der Waals surface area contributed by atoms with Gasteiger partial charge in [-0.2, -0.15) is 0 Å². The molecule has 0 aliphatic rings. The Balaban J connectivity index is 1.90. The summed E-state index contributed by atoms with van der Waals surface area (Å²) in [5, 5.41) is 13.5. The van der Waals surface area contributed by atoms with E-state index in [4.69, 9.17) is 0 Å². The van der Waals surface area contributed by atoms with Crippen LogP contribution in [0.15, 0.2) is 58.4 Å². The van der Waals surface area contributed by atoms with Crippen molar-refractivity contribution in [1.82, 2.24) is 4.98 Å². The average molecular weight is 361 g/mol. The largest absolute Gasteiger partial charge is 0.269 e. The van der Waals surface area contributed by atoms with E-state index in [2.05, 4.69) is 20.9 Å². The summed E-state index contributed by atoms with van der Waals surface area (Å²) in [6.07, 6.45) is 0. The van der Waals surface area contributed by atoms with E-state index in [0.717, 1.165) is 26.3 Å². The van der Waals surface area contributed by atoms with E-state index >= 15 is 0 Å². The van der Waals surface area contributed by atoms with Crippen LogP contribution in [0.4, 0.5) is 5.69 Å². The van der Waals surface area contributed by atoms with Gasteiger partial charge in [0, 0.05) is 33.1 Å². The van der Waals surface area contributed by atoms with Crippen LogP contribution >= 0.6 is 27.3 Å². The number of nitro groups is 1. The van der Waals surface area contributed by atoms with Gasteiger partial charge in [0.1, 0.15) is 5.01 Å². The lowest BCUT2D eigenvalue weighted by Gasteiger charge is -1.97. The van der Waals surface area contributed by atoms with E-state index in [-0.39, 0.29) is 5.69 Å². The van der Waals surface area contributed by atoms with Crippen molar-refractivity contribution < 1.29 is 4.92 Å². The predicted molar refractivity (Wildman–Crippen MR) is 87.3 cm³/mol. The topological polar surface area (TPSA) is 56.0 Å². The first kappa shape index (κ1) is 13.9. The minimum atomic E-state index is -0.405. The maximum atomic E-state index is 10.7. The summed E-state index contributed by atoms with van der Waals surface area (Å²) in [7, 11) is 0. The van der Waals surface area contributed by atoms with E-state index in [0.29, 0.717) is 0 Å². The fourth-order valence-corrected chi connectivity index (χ4v) is 2.98. The monoisotopic (exact) mass is 360 g/mol. The molecular weight excluding hydrogens is 352 g/mol. The quantitative estimate of drug-likeness (QED) is 0.479. The van der Waals surface area contributed by atoms with Crippen molar-refractivity contribution in [3.05, 3.63) is 68.5 Å². The van der Waals surface area contributed by atoms with Crippen LogP contribution in [0.2, 0.25) is 0 Å². The van der Waals surface area contributed by atoms with Gasteiger partial charge in [0.2, 0.25) is 0 Å². The number of rotatable bonds is 3. The molecule has 6 heteroatoms. The number of non-ortho nitro benzene ring substituents is 1. The molecule has 0 unspecified atom stereocenters. The molecule has 0 radical (unpaired) electrons. The highest BCUT2D eigenvalue weighted by atomic mass is 79.9. The van der Waals surface area contributed by atoms with Crippen molar-refractivity contribution in [1.29, 1.82) is 0 Å². The normalized spacial score (nSPS) is 10.5. The molecule has 0 N–H and O–H groups in total. The molecule has 3 aromatic rings. The molecule has 1 heterocycles. The molecule has 0 spiro atoms. The Bertz CT molecular complexity index is 782. The molecule has 0 bridgehead atoms. The number of nitro benzene ring substituents is 1. The molecule has 104 valence electrons. The molecular formula is C15H9BrN2O2S. The van der Waals surface area contributed by atoms with E-state index in [1.165, 1.54) is 12.1 Å². The fourth-order valence-electron chi connectivity index (χ4n) is 1.89. The molecule has 2 aromatic carbocycles. The van der Waals surface area contributed by atoms with Crippen molar-refractivity contribution in [3.63, 3.8) is 0 Å². The number of thiazole rings is 1. The number of nitrogens with zero attached hydrogens (tertiary/aromatic N) is 2. The predicted octanol–water partition coefficient (Wildman–Crippen LogP) is 5.15. The standard InChI is InChI=1S/C15H9BrN2O2S/c16-12-5-1-11(2-6-12)15-17-14(9-21-15)10-3-7-13(8-4-10)18(19)20/h1-9H. The lowest BCUT2D eigenvalue weighted by atomic mass is 10.1. The van der Waals surface area contributed by atoms with Gasteiger partial charge < -0.3 is 0 Å². The first-order valence-electron chi connectivity index (χ1n) is 6.10. The first-order chi connectivity index (χ1) is 10.1. The molecule has 4 nitrogen and oxygen atoms in total. The van der Waals surface area contributed by atoms with Crippen LogP contribution in [0.25, 0.3) is 21.8 Å². The Kier molecular flexibility index (Phi) is 3.81. The van der Waals surface area contributed by atoms with Gasteiger partial charge in [-0.15, -0.1) is 11.3 Å². The van der Waals surface area contributed by atoms with E-state index in [1.54, 1.807) is 23.5 Å². The van der Waals surface area contributed by atoms with Crippen molar-refractivity contribution in [2.24, 2.45) is 0 Å². The van der Waals surface area contributed by atoms with Crippen molar-refractivity contribution >= 4 is 33.0 Å². The van der Waals surface area contributed by atoms with E-state index in [9.17, 15) is 10.1 Å². The average Bonchev–Trinajstić information content (AvgIpc) is 2.98. The van der Waals surface area contributed by atoms with Gasteiger partial charge in [0.25, 0.3) is 5.69 Å². The first-order valence-corrected chi connectivity index (χ1v) is 7.77. The summed E-state index contributed by atoms with van der Waals surface area (Å²) in [5.74, 6) is 0. The van der Waals surface area contributed by atoms with Gasteiger partial charge in [0.15, 0.2) is 0 Å². The molecule has 3 rings (SSSR count). The maximum absolute atomic E-state index is 10.7. The Morgan fingerprint density at radius 2 is 1.62 bits per heavy atom. The zero-order valence-corrected chi connectivity index (χ0v) is 13.1. The van der Waals surface area contributed by atoms with Crippen molar-refractivity contribution in [3.8, 4) is 21.8 Å². The van der Waals surface area contributed by atoms with Crippen LogP contribution in [0.5, 0.6) is 0 Å². The van der Waals surface area contributed by atoms with Gasteiger partial charge in [-0.3, -0.25) is 10.1 Å². The second-order valence-corrected chi connectivity index (χ2v) is 6.12. The zero-order chi connectivity index (χ0) is 14.8. The highest BCUT2D eigenvalue weighted by Crippen LogP contribution is 2.30. The number of hydrogen-bond donors (Lipinski definition) is 0. The zero-order valence-electron chi connectivity index (χ0n) is 10.7. The van der Waals surface area contributed by atoms with Crippen molar-refractivity contribution in [2.75, 3.05) is 0 Å². The second-order valence-electron chi connectivity index (χ2n) is 4.35. The Morgan fingerprint density at radius 1 is 1.00 bits per heavy atom. The van der Waals surface area contributed by atoms with Crippen LogP contribution in [0, 0.1) is 10.1 Å². The number of halogens is 1. The molecule has 0 aliphatic heterocycles. The highest BCUT2D eigenvalue weighted by Gasteiger charge is 2.09. The van der Waals surface area contributed by atoms with Gasteiger partial charge in [-0.05, 0) is 24.3 Å². The minimum Gasteiger partial charge on any atom is -0.258 e. The highest BCUT2D eigenvalue weighted by molar-refractivity contribution is 9.10. The summed E-state index contributed by atoms with van der Waals surface area (Å²) in [4.78, 5) is 14.8. The molecule has 0 fully saturated rings. The van der Waals surface area contributed by atoms with Crippen LogP contribution in [0.3, 0.4) is 0 Å². The number of benzene rings is 2. The van der Waals surface area contributed by atoms with Gasteiger partial charge in [0.05, 0.1) is 10.6 Å². The van der Waals surface area contributed by atoms with E-state index in [1.807, 2.05) is 29.6 Å². The third kappa shape index (κ3) is 3.01. The van der Waals surface area contributed by atoms with Gasteiger partial charge in [-0.1, -0.05) is 28.1 Å². The summed E-state index contributed by atoms with van der Waals surface area (Å²) < 4.78 is 1.03. The summed E-state index contributed by atoms with van der Waals surface area (Å²) in [6, 6.07) is 14.4. The fraction of sp³-hybridized carbons (Fsp3) is 0. The van der Waals surface area contributed by atoms with Crippen LogP contribution < -0.4 is 0 Å². The third-order valence-electron chi connectivity index (χ3n) is 2.97. The molecule has 1 aromatic heterocycles. The second kappa shape index (κ2) is 5.75. The van der Waals surface area contributed by atoms with Gasteiger partial charge >= 0.3 is 0 Å². The van der Waals surface area contributed by atoms with Crippen molar-refractivity contribution in [2.45, 2.75) is 0 Å². The van der Waals surface area contributed by atoms with E-state index < -0.39 is 4.92 Å². The summed E-state index contributed by atoms with van der Waals surface area (Å²) >= 11 is 4.96. The molecule has 0 aliphatic carbocycles. The molecule has 0 amide bonds. The molecule has 0 atom stereocenters.